The van der Waals surface area contributed by atoms with E-state index in [9.17, 15) is 18.0 Å². The van der Waals surface area contributed by atoms with Crippen LogP contribution < -0.4 is 9.62 Å². The molecule has 0 unspecified atom stereocenters. The van der Waals surface area contributed by atoms with Crippen molar-refractivity contribution >= 4 is 59.4 Å². The van der Waals surface area contributed by atoms with Gasteiger partial charge in [-0.1, -0.05) is 74.7 Å². The van der Waals surface area contributed by atoms with Crippen molar-refractivity contribution in [1.82, 2.24) is 10.2 Å². The molecule has 2 amide bonds. The molecule has 0 fully saturated rings. The average molecular weight is 679 g/mol. The lowest BCUT2D eigenvalue weighted by Gasteiger charge is -2.32. The van der Waals surface area contributed by atoms with E-state index in [-0.39, 0.29) is 23.4 Å². The second-order valence-corrected chi connectivity index (χ2v) is 13.1. The van der Waals surface area contributed by atoms with Gasteiger partial charge in [-0.15, -0.1) is 0 Å². The molecular weight excluding hydrogens is 646 g/mol. The van der Waals surface area contributed by atoms with Crippen LogP contribution in [0.15, 0.2) is 86.6 Å². The molecular formula is C29H33Br2N3O4S. The Bertz CT molecular complexity index is 1410. The van der Waals surface area contributed by atoms with Crippen LogP contribution in [0.25, 0.3) is 0 Å². The molecule has 0 heterocycles. The predicted molar refractivity (Wildman–Crippen MR) is 162 cm³/mol. The molecule has 0 radical (unpaired) electrons. The molecule has 3 aromatic carbocycles. The molecule has 0 aliphatic rings. The normalized spacial score (nSPS) is 12.9. The van der Waals surface area contributed by atoms with Crippen LogP contribution in [0.4, 0.5) is 5.69 Å². The Morgan fingerprint density at radius 1 is 0.923 bits per heavy atom. The number of benzene rings is 3. The lowest BCUT2D eigenvalue weighted by Crippen LogP contribution is -2.52. The molecule has 7 nitrogen and oxygen atoms in total. The Labute approximate surface area is 247 Å². The smallest absolute Gasteiger partial charge is 0.264 e. The number of hydrogen-bond acceptors (Lipinski definition) is 4. The first kappa shape index (κ1) is 30.8. The average Bonchev–Trinajstić information content (AvgIpc) is 2.89. The molecule has 1 N–H and O–H groups in total. The summed E-state index contributed by atoms with van der Waals surface area (Å²) < 4.78 is 30.3. The van der Waals surface area contributed by atoms with Crippen LogP contribution in [-0.4, -0.2) is 43.8 Å². The van der Waals surface area contributed by atoms with Crippen LogP contribution in [0.1, 0.15) is 38.3 Å². The highest BCUT2D eigenvalue weighted by molar-refractivity contribution is 9.10. The number of aryl methyl sites for hydroxylation is 1. The maximum atomic E-state index is 14.0. The van der Waals surface area contributed by atoms with Gasteiger partial charge in [-0.05, 0) is 75.2 Å². The van der Waals surface area contributed by atoms with Crippen LogP contribution in [0.2, 0.25) is 0 Å². The van der Waals surface area contributed by atoms with Crippen molar-refractivity contribution in [3.05, 3.63) is 92.9 Å². The number of amides is 2. The fourth-order valence-corrected chi connectivity index (χ4v) is 6.12. The van der Waals surface area contributed by atoms with Crippen molar-refractivity contribution in [1.29, 1.82) is 0 Å². The molecule has 3 aromatic rings. The Kier molecular flexibility index (Phi) is 10.7. The number of hydrogen-bond donors (Lipinski definition) is 1. The van der Waals surface area contributed by atoms with Gasteiger partial charge in [-0.2, -0.15) is 0 Å². The first-order valence-electron chi connectivity index (χ1n) is 12.6. The van der Waals surface area contributed by atoms with Crippen molar-refractivity contribution in [2.75, 3.05) is 10.8 Å². The highest BCUT2D eigenvalue weighted by Gasteiger charge is 2.32. The second kappa shape index (κ2) is 13.6. The van der Waals surface area contributed by atoms with Gasteiger partial charge >= 0.3 is 0 Å². The van der Waals surface area contributed by atoms with E-state index in [0.717, 1.165) is 26.3 Å². The standard InChI is InChI=1S/C29H33Br2N3O4S/c1-5-21(3)32-29(36)22(4)33(18-23-8-6-9-24(30)16-23)28(35)19-34(26-11-7-10-25(31)17-26)39(37,38)27-14-12-20(2)13-15-27/h6-17,21-22H,5,18-19H2,1-4H3,(H,32,36)/t21-,22+/m0/s1. The summed E-state index contributed by atoms with van der Waals surface area (Å²) in [6.07, 6.45) is 0.740. The van der Waals surface area contributed by atoms with Gasteiger partial charge in [0, 0.05) is 21.5 Å². The van der Waals surface area contributed by atoms with Crippen molar-refractivity contribution in [2.24, 2.45) is 0 Å². The summed E-state index contributed by atoms with van der Waals surface area (Å²) in [4.78, 5) is 28.6. The van der Waals surface area contributed by atoms with E-state index in [1.54, 1.807) is 43.3 Å². The maximum Gasteiger partial charge on any atom is 0.264 e. The minimum Gasteiger partial charge on any atom is -0.352 e. The fourth-order valence-electron chi connectivity index (χ4n) is 3.88. The summed E-state index contributed by atoms with van der Waals surface area (Å²) in [6, 6.07) is 19.8. The molecule has 2 atom stereocenters. The Morgan fingerprint density at radius 3 is 2.13 bits per heavy atom. The molecule has 0 aromatic heterocycles. The highest BCUT2D eigenvalue weighted by Crippen LogP contribution is 2.27. The molecule has 0 spiro atoms. The predicted octanol–water partition coefficient (Wildman–Crippen LogP) is 6.05. The van der Waals surface area contributed by atoms with Crippen molar-refractivity contribution < 1.29 is 18.0 Å². The zero-order valence-electron chi connectivity index (χ0n) is 22.4. The Morgan fingerprint density at radius 2 is 1.54 bits per heavy atom. The summed E-state index contributed by atoms with van der Waals surface area (Å²) >= 11 is 6.86. The van der Waals surface area contributed by atoms with Gasteiger partial charge in [0.05, 0.1) is 10.6 Å². The quantitative estimate of drug-likeness (QED) is 0.268. The number of anilines is 1. The number of nitrogens with zero attached hydrogens (tertiary/aromatic N) is 2. The number of carbonyl (C=O) groups is 2. The molecule has 208 valence electrons. The van der Waals surface area contributed by atoms with Crippen LogP contribution >= 0.6 is 31.9 Å². The van der Waals surface area contributed by atoms with Gasteiger partial charge in [0.15, 0.2) is 0 Å². The monoisotopic (exact) mass is 677 g/mol. The van der Waals surface area contributed by atoms with Gasteiger partial charge in [0.2, 0.25) is 11.8 Å². The van der Waals surface area contributed by atoms with Crippen LogP contribution in [0.3, 0.4) is 0 Å². The SMILES string of the molecule is CC[C@H](C)NC(=O)[C@@H](C)N(Cc1cccc(Br)c1)C(=O)CN(c1cccc(Br)c1)S(=O)(=O)c1ccc(C)cc1. The van der Waals surface area contributed by atoms with E-state index in [4.69, 9.17) is 0 Å². The Balaban J connectivity index is 2.03. The molecule has 0 aliphatic carbocycles. The first-order valence-corrected chi connectivity index (χ1v) is 15.6. The summed E-state index contributed by atoms with van der Waals surface area (Å²) in [6.45, 7) is 7.04. The number of carbonyl (C=O) groups excluding carboxylic acids is 2. The van der Waals surface area contributed by atoms with Gasteiger partial charge in [0.25, 0.3) is 10.0 Å². The maximum absolute atomic E-state index is 14.0. The third-order valence-corrected chi connectivity index (χ3v) is 9.17. The molecule has 0 saturated carbocycles. The van der Waals surface area contributed by atoms with Crippen LogP contribution in [0, 0.1) is 6.92 Å². The minimum absolute atomic E-state index is 0.0668. The number of sulfonamides is 1. The number of halogens is 2. The van der Waals surface area contributed by atoms with E-state index in [2.05, 4.69) is 37.2 Å². The van der Waals surface area contributed by atoms with E-state index in [1.165, 1.54) is 17.0 Å². The largest absolute Gasteiger partial charge is 0.352 e. The van der Waals surface area contributed by atoms with Gasteiger partial charge in [-0.25, -0.2) is 8.42 Å². The van der Waals surface area contributed by atoms with Crippen LogP contribution in [-0.2, 0) is 26.2 Å². The summed E-state index contributed by atoms with van der Waals surface area (Å²) in [5.74, 6) is -0.805. The summed E-state index contributed by atoms with van der Waals surface area (Å²) in [7, 11) is -4.11. The van der Waals surface area contributed by atoms with Crippen LogP contribution in [0.5, 0.6) is 0 Å². The zero-order valence-corrected chi connectivity index (χ0v) is 26.4. The van der Waals surface area contributed by atoms with E-state index in [0.29, 0.717) is 10.2 Å². The third-order valence-electron chi connectivity index (χ3n) is 6.39. The number of rotatable bonds is 11. The topological polar surface area (TPSA) is 86.8 Å². The summed E-state index contributed by atoms with van der Waals surface area (Å²) in [5.41, 5.74) is 2.05. The van der Waals surface area contributed by atoms with E-state index < -0.39 is 28.5 Å². The zero-order chi connectivity index (χ0) is 28.7. The molecule has 10 heteroatoms. The minimum atomic E-state index is -4.11. The first-order chi connectivity index (χ1) is 18.4. The van der Waals surface area contributed by atoms with Crippen molar-refractivity contribution in [3.63, 3.8) is 0 Å². The molecule has 0 saturated heterocycles. The number of nitrogens with one attached hydrogen (secondary N) is 1. The van der Waals surface area contributed by atoms with Crippen molar-refractivity contribution in [2.45, 2.75) is 57.6 Å². The molecule has 0 bridgehead atoms. The lowest BCUT2D eigenvalue weighted by atomic mass is 10.1. The second-order valence-electron chi connectivity index (χ2n) is 9.45. The van der Waals surface area contributed by atoms with E-state index >= 15 is 0 Å². The van der Waals surface area contributed by atoms with Crippen molar-refractivity contribution in [3.8, 4) is 0 Å². The van der Waals surface area contributed by atoms with Gasteiger partial charge in [-0.3, -0.25) is 13.9 Å². The van der Waals surface area contributed by atoms with Gasteiger partial charge < -0.3 is 10.2 Å². The molecule has 3 rings (SSSR count). The van der Waals surface area contributed by atoms with Gasteiger partial charge in [0.1, 0.15) is 12.6 Å². The molecule has 0 aliphatic heterocycles. The lowest BCUT2D eigenvalue weighted by molar-refractivity contribution is -0.139. The third kappa shape index (κ3) is 8.16. The van der Waals surface area contributed by atoms with E-state index in [1.807, 2.05) is 45.0 Å². The fraction of sp³-hybridized carbons (Fsp3) is 0.310. The highest BCUT2D eigenvalue weighted by atomic mass is 79.9. The Hall–Kier alpha value is -2.69. The summed E-state index contributed by atoms with van der Waals surface area (Å²) in [5, 5.41) is 2.94. The molecule has 39 heavy (non-hydrogen) atoms.